The van der Waals surface area contributed by atoms with Crippen LogP contribution in [0.3, 0.4) is 0 Å². The van der Waals surface area contributed by atoms with Crippen molar-refractivity contribution in [3.05, 3.63) is 89.5 Å². The number of alkyl halides is 3. The molecule has 3 aromatic rings. The highest BCUT2D eigenvalue weighted by atomic mass is 19.4. The van der Waals surface area contributed by atoms with E-state index < -0.39 is 35.4 Å². The molecule has 0 heterocycles. The highest BCUT2D eigenvalue weighted by molar-refractivity contribution is 5.72. The first kappa shape index (κ1) is 23.4. The summed E-state index contributed by atoms with van der Waals surface area (Å²) in [6.07, 6.45) is -0.0575. The molecule has 0 aliphatic heterocycles. The molecule has 32 heavy (non-hydrogen) atoms. The van der Waals surface area contributed by atoms with Gasteiger partial charge in [-0.3, -0.25) is 0 Å². The summed E-state index contributed by atoms with van der Waals surface area (Å²) in [6.45, 7) is 1.88. The van der Waals surface area contributed by atoms with Crippen LogP contribution in [-0.2, 0) is 6.42 Å². The number of halogens is 7. The van der Waals surface area contributed by atoms with Gasteiger partial charge in [-0.1, -0.05) is 36.4 Å². The maximum Gasteiger partial charge on any atom is 0.573 e. The summed E-state index contributed by atoms with van der Waals surface area (Å²) in [7, 11) is 0. The summed E-state index contributed by atoms with van der Waals surface area (Å²) in [5, 5.41) is 0. The van der Waals surface area contributed by atoms with Crippen molar-refractivity contribution in [1.82, 2.24) is 0 Å². The summed E-state index contributed by atoms with van der Waals surface area (Å²) in [5.41, 5.74) is 0.499. The predicted molar refractivity (Wildman–Crippen MR) is 107 cm³/mol. The second-order valence-electron chi connectivity index (χ2n) is 6.93. The van der Waals surface area contributed by atoms with Crippen LogP contribution in [0.2, 0.25) is 0 Å². The minimum Gasteiger partial charge on any atom is -0.399 e. The van der Waals surface area contributed by atoms with Gasteiger partial charge in [0, 0.05) is 11.1 Å². The second kappa shape index (κ2) is 9.46. The van der Waals surface area contributed by atoms with Crippen molar-refractivity contribution in [3.63, 3.8) is 0 Å². The lowest BCUT2D eigenvalue weighted by Crippen LogP contribution is -2.19. The van der Waals surface area contributed by atoms with E-state index in [0.29, 0.717) is 18.6 Å². The number of hydrogen-bond donors (Lipinski definition) is 0. The number of rotatable bonds is 6. The van der Waals surface area contributed by atoms with Gasteiger partial charge in [0.15, 0.2) is 11.6 Å². The third-order valence-electron chi connectivity index (χ3n) is 4.68. The Morgan fingerprint density at radius 1 is 0.750 bits per heavy atom. The lowest BCUT2D eigenvalue weighted by atomic mass is 9.97. The molecule has 0 amide bonds. The lowest BCUT2D eigenvalue weighted by Gasteiger charge is -2.13. The third kappa shape index (κ3) is 5.49. The first-order valence-electron chi connectivity index (χ1n) is 9.53. The number of ether oxygens (including phenoxy) is 1. The molecular formula is C24H17F7O. The molecule has 1 nitrogen and oxygen atoms in total. The topological polar surface area (TPSA) is 9.23 Å². The lowest BCUT2D eigenvalue weighted by molar-refractivity contribution is -0.276. The van der Waals surface area contributed by atoms with Crippen molar-refractivity contribution in [2.75, 3.05) is 0 Å². The van der Waals surface area contributed by atoms with E-state index in [2.05, 4.69) is 4.74 Å². The van der Waals surface area contributed by atoms with Crippen LogP contribution in [-0.4, -0.2) is 6.36 Å². The molecule has 0 radical (unpaired) electrons. The number of allylic oxidation sites excluding steroid dienone is 2. The average molecular weight is 454 g/mol. The average Bonchev–Trinajstić information content (AvgIpc) is 2.70. The molecule has 0 bridgehead atoms. The van der Waals surface area contributed by atoms with Crippen molar-refractivity contribution in [2.45, 2.75) is 26.1 Å². The molecule has 0 aromatic heterocycles. The van der Waals surface area contributed by atoms with Crippen LogP contribution >= 0.6 is 0 Å². The quantitative estimate of drug-likeness (QED) is 0.271. The first-order valence-corrected chi connectivity index (χ1v) is 9.53. The monoisotopic (exact) mass is 454 g/mol. The zero-order valence-electron chi connectivity index (χ0n) is 16.7. The molecule has 0 spiro atoms. The molecule has 0 saturated carbocycles. The van der Waals surface area contributed by atoms with Crippen molar-refractivity contribution in [2.24, 2.45) is 0 Å². The third-order valence-corrected chi connectivity index (χ3v) is 4.68. The molecule has 168 valence electrons. The van der Waals surface area contributed by atoms with Gasteiger partial charge in [0.25, 0.3) is 0 Å². The van der Waals surface area contributed by atoms with E-state index in [1.54, 1.807) is 6.07 Å². The summed E-state index contributed by atoms with van der Waals surface area (Å²) in [4.78, 5) is 0. The molecule has 0 aliphatic rings. The smallest absolute Gasteiger partial charge is 0.399 e. The molecule has 0 unspecified atom stereocenters. The second-order valence-corrected chi connectivity index (χ2v) is 6.93. The van der Waals surface area contributed by atoms with E-state index in [9.17, 15) is 30.7 Å². The Kier molecular flexibility index (Phi) is 6.91. The minimum absolute atomic E-state index is 0.136. The van der Waals surface area contributed by atoms with Gasteiger partial charge in [-0.25, -0.2) is 17.6 Å². The van der Waals surface area contributed by atoms with Gasteiger partial charge in [-0.15, -0.1) is 13.2 Å². The van der Waals surface area contributed by atoms with Gasteiger partial charge in [-0.05, 0) is 60.7 Å². The van der Waals surface area contributed by atoms with E-state index in [4.69, 9.17) is 0 Å². The van der Waals surface area contributed by atoms with Crippen LogP contribution in [0.5, 0.6) is 5.75 Å². The van der Waals surface area contributed by atoms with Crippen LogP contribution in [0.1, 0.15) is 18.9 Å². The summed E-state index contributed by atoms with van der Waals surface area (Å²) >= 11 is 0. The molecule has 0 fully saturated rings. The summed E-state index contributed by atoms with van der Waals surface area (Å²) < 4.78 is 97.3. The predicted octanol–water partition coefficient (Wildman–Crippen LogP) is 7.98. The van der Waals surface area contributed by atoms with Crippen LogP contribution in [0.4, 0.5) is 30.7 Å². The molecule has 3 aromatic carbocycles. The standard InChI is InChI=1S/C24H17F7O/c1-2-3-4-5-14-6-8-17(19(25)10-14)15-7-9-18(20(26)11-15)16-12-21(27)23(22(28)13-16)32-24(29,30)31/h2-3,6-13H,4-5H2,1H3/b3-2+. The number of aryl methyl sites for hydroxylation is 1. The van der Waals surface area contributed by atoms with Gasteiger partial charge in [0.1, 0.15) is 11.6 Å². The highest BCUT2D eigenvalue weighted by Gasteiger charge is 2.34. The Hall–Kier alpha value is -3.29. The van der Waals surface area contributed by atoms with Crippen molar-refractivity contribution >= 4 is 0 Å². The fourth-order valence-electron chi connectivity index (χ4n) is 3.21. The summed E-state index contributed by atoms with van der Waals surface area (Å²) in [6, 6.07) is 9.16. The minimum atomic E-state index is -5.29. The maximum atomic E-state index is 14.7. The first-order chi connectivity index (χ1) is 15.1. The van der Waals surface area contributed by atoms with Gasteiger partial charge in [-0.2, -0.15) is 0 Å². The largest absolute Gasteiger partial charge is 0.573 e. The maximum absolute atomic E-state index is 14.7. The molecule has 3 rings (SSSR count). The molecule has 0 aliphatic carbocycles. The van der Waals surface area contributed by atoms with Crippen LogP contribution in [0, 0.1) is 23.3 Å². The highest BCUT2D eigenvalue weighted by Crippen LogP contribution is 2.35. The summed E-state index contributed by atoms with van der Waals surface area (Å²) in [5.74, 6) is -6.39. The Morgan fingerprint density at radius 2 is 1.31 bits per heavy atom. The van der Waals surface area contributed by atoms with Gasteiger partial charge < -0.3 is 4.74 Å². The van der Waals surface area contributed by atoms with Crippen LogP contribution in [0.25, 0.3) is 22.3 Å². The Labute approximate surface area is 179 Å². The van der Waals surface area contributed by atoms with E-state index in [1.807, 2.05) is 19.1 Å². The zero-order valence-corrected chi connectivity index (χ0v) is 16.7. The molecule has 0 saturated heterocycles. The molecular weight excluding hydrogens is 437 g/mol. The molecule has 0 N–H and O–H groups in total. The SMILES string of the molecule is C/C=C/CCc1ccc(-c2ccc(-c3cc(F)c(OC(F)(F)F)c(F)c3)c(F)c2)c(F)c1. The van der Waals surface area contributed by atoms with E-state index in [0.717, 1.165) is 18.1 Å². The molecule has 0 atom stereocenters. The normalized spacial score (nSPS) is 11.9. The van der Waals surface area contributed by atoms with Gasteiger partial charge >= 0.3 is 6.36 Å². The van der Waals surface area contributed by atoms with Crippen molar-refractivity contribution < 1.29 is 35.5 Å². The molecule has 8 heteroatoms. The Bertz CT molecular complexity index is 1130. The fraction of sp³-hybridized carbons (Fsp3) is 0.167. The van der Waals surface area contributed by atoms with E-state index in [-0.39, 0.29) is 22.3 Å². The number of hydrogen-bond acceptors (Lipinski definition) is 1. The van der Waals surface area contributed by atoms with Crippen molar-refractivity contribution in [1.29, 1.82) is 0 Å². The van der Waals surface area contributed by atoms with E-state index >= 15 is 0 Å². The number of benzene rings is 3. The van der Waals surface area contributed by atoms with Gasteiger partial charge in [0.2, 0.25) is 5.75 Å². The van der Waals surface area contributed by atoms with Crippen molar-refractivity contribution in [3.8, 4) is 28.0 Å². The van der Waals surface area contributed by atoms with Gasteiger partial charge in [0.05, 0.1) is 0 Å². The Balaban J connectivity index is 1.90. The van der Waals surface area contributed by atoms with E-state index in [1.165, 1.54) is 24.3 Å². The van der Waals surface area contributed by atoms with Crippen LogP contribution in [0.15, 0.2) is 60.7 Å². The zero-order chi connectivity index (χ0) is 23.5. The fourth-order valence-corrected chi connectivity index (χ4v) is 3.21. The van der Waals surface area contributed by atoms with Crippen LogP contribution < -0.4 is 4.74 Å². The Morgan fingerprint density at radius 3 is 1.88 bits per heavy atom.